The van der Waals surface area contributed by atoms with Crippen molar-refractivity contribution in [1.29, 1.82) is 0 Å². The van der Waals surface area contributed by atoms with Crippen LogP contribution in [0.15, 0.2) is 0 Å². The van der Waals surface area contributed by atoms with Crippen LogP contribution in [-0.4, -0.2) is 40.6 Å². The van der Waals surface area contributed by atoms with Gasteiger partial charge < -0.3 is 14.6 Å². The molecular weight excluding hydrogens is 384 g/mol. The van der Waals surface area contributed by atoms with Crippen molar-refractivity contribution >= 4 is 17.7 Å². The van der Waals surface area contributed by atoms with Crippen molar-refractivity contribution < 1.29 is 29.0 Å². The summed E-state index contributed by atoms with van der Waals surface area (Å²) < 4.78 is 10.9. The van der Waals surface area contributed by atoms with Crippen LogP contribution in [0.4, 0.5) is 0 Å². The lowest BCUT2D eigenvalue weighted by atomic mass is 9.47. The molecule has 0 aromatic rings. The van der Waals surface area contributed by atoms with Crippen LogP contribution in [0.5, 0.6) is 0 Å². The molecule has 9 atom stereocenters. The Kier molecular flexibility index (Phi) is 5.53. The molecule has 0 aromatic carbocycles. The first-order chi connectivity index (χ1) is 14.1. The highest BCUT2D eigenvalue weighted by Gasteiger charge is 2.64. The second kappa shape index (κ2) is 7.61. The Labute approximate surface area is 179 Å². The minimum atomic E-state index is -0.975. The molecular formula is C24H36O6. The summed E-state index contributed by atoms with van der Waals surface area (Å²) in [6.07, 6.45) is 5.65. The first-order valence-corrected chi connectivity index (χ1v) is 11.7. The first-order valence-electron chi connectivity index (χ1n) is 11.7. The molecule has 0 radical (unpaired) electrons. The highest BCUT2D eigenvalue weighted by Crippen LogP contribution is 2.65. The molecule has 168 valence electrons. The summed E-state index contributed by atoms with van der Waals surface area (Å²) in [5, 5.41) is 11.8. The van der Waals surface area contributed by atoms with Gasteiger partial charge in [0.15, 0.2) is 0 Å². The van der Waals surface area contributed by atoms with Crippen LogP contribution in [0.2, 0.25) is 0 Å². The van der Waals surface area contributed by atoms with Gasteiger partial charge in [-0.15, -0.1) is 0 Å². The third-order valence-electron chi connectivity index (χ3n) is 9.20. The van der Waals surface area contributed by atoms with Gasteiger partial charge in [0.1, 0.15) is 18.0 Å². The van der Waals surface area contributed by atoms with Crippen LogP contribution < -0.4 is 0 Å². The van der Waals surface area contributed by atoms with Gasteiger partial charge in [-0.1, -0.05) is 6.92 Å². The Bertz CT molecular complexity index is 733. The van der Waals surface area contributed by atoms with Crippen LogP contribution in [0.1, 0.15) is 79.1 Å². The van der Waals surface area contributed by atoms with Crippen LogP contribution in [-0.2, 0) is 23.9 Å². The van der Waals surface area contributed by atoms with Gasteiger partial charge in [0.2, 0.25) is 0 Å². The summed E-state index contributed by atoms with van der Waals surface area (Å²) in [5.74, 6) is 0.150. The van der Waals surface area contributed by atoms with Gasteiger partial charge in [-0.25, -0.2) is 0 Å². The van der Waals surface area contributed by atoms with Gasteiger partial charge in [-0.05, 0) is 75.0 Å². The van der Waals surface area contributed by atoms with Gasteiger partial charge in [0.25, 0.3) is 0 Å². The monoisotopic (exact) mass is 420 g/mol. The number of carbonyl (C=O) groups is 3. The molecule has 0 amide bonds. The molecule has 4 rings (SSSR count). The third kappa shape index (κ3) is 3.39. The summed E-state index contributed by atoms with van der Waals surface area (Å²) >= 11 is 0. The summed E-state index contributed by atoms with van der Waals surface area (Å²) in [4.78, 5) is 36.1. The Balaban J connectivity index is 1.55. The smallest absolute Gasteiger partial charge is 0.302 e. The van der Waals surface area contributed by atoms with E-state index in [0.717, 1.165) is 25.7 Å². The maximum Gasteiger partial charge on any atom is 0.302 e. The van der Waals surface area contributed by atoms with Crippen molar-refractivity contribution in [3.63, 3.8) is 0 Å². The fourth-order valence-electron chi connectivity index (χ4n) is 8.07. The van der Waals surface area contributed by atoms with Crippen molar-refractivity contribution in [2.24, 2.45) is 35.0 Å². The van der Waals surface area contributed by atoms with Crippen molar-refractivity contribution in [2.45, 2.75) is 96.9 Å². The van der Waals surface area contributed by atoms with Crippen molar-refractivity contribution in [1.82, 2.24) is 0 Å². The zero-order valence-electron chi connectivity index (χ0n) is 18.7. The fourth-order valence-corrected chi connectivity index (χ4v) is 8.07. The topological polar surface area (TPSA) is 89.9 Å². The summed E-state index contributed by atoms with van der Waals surface area (Å²) in [6.45, 7) is 7.17. The summed E-state index contributed by atoms with van der Waals surface area (Å²) in [5.41, 5.74) is -0.938. The Morgan fingerprint density at radius 3 is 2.47 bits per heavy atom. The quantitative estimate of drug-likeness (QED) is 0.704. The molecule has 0 heterocycles. The first kappa shape index (κ1) is 21.8. The predicted molar refractivity (Wildman–Crippen MR) is 109 cm³/mol. The molecule has 1 N–H and O–H groups in total. The molecule has 0 saturated heterocycles. The molecule has 4 fully saturated rings. The molecule has 4 aliphatic rings. The maximum absolute atomic E-state index is 13.2. The zero-order valence-corrected chi connectivity index (χ0v) is 18.7. The molecule has 0 aromatic heterocycles. The normalized spacial score (nSPS) is 46.2. The van der Waals surface area contributed by atoms with Crippen LogP contribution >= 0.6 is 0 Å². The molecule has 6 nitrogen and oxygen atoms in total. The van der Waals surface area contributed by atoms with E-state index in [-0.39, 0.29) is 47.2 Å². The van der Waals surface area contributed by atoms with E-state index in [1.807, 2.05) is 6.92 Å². The van der Waals surface area contributed by atoms with E-state index >= 15 is 0 Å². The standard InChI is InChI=1S/C24H36O6/c1-13(29-14(2)25)18-5-6-19-17-12-22(27)21-11-16(30-15(3)26)7-10-24(21,28)20(17)8-9-23(18,19)4/h13,16-21,28H,5-12H2,1-4H3/t13-,16-,17-,18+,19-,20-,21-,23+,24-/m0/s1. The molecule has 0 unspecified atom stereocenters. The zero-order chi connectivity index (χ0) is 21.8. The SMILES string of the molecule is CC(=O)O[C@H]1CC[C@@]2(O)[C@@H](C1)C(=O)C[C@H]1[C@@H]3CC[C@H]([C@H](C)OC(C)=O)[C@@]3(C)CC[C@@H]12. The van der Waals surface area contributed by atoms with Crippen molar-refractivity contribution in [3.05, 3.63) is 0 Å². The number of ether oxygens (including phenoxy) is 2. The van der Waals surface area contributed by atoms with Gasteiger partial charge in [-0.3, -0.25) is 14.4 Å². The van der Waals surface area contributed by atoms with E-state index < -0.39 is 11.5 Å². The van der Waals surface area contributed by atoms with Gasteiger partial charge >= 0.3 is 11.9 Å². The maximum atomic E-state index is 13.2. The van der Waals surface area contributed by atoms with Crippen LogP contribution in [0.3, 0.4) is 0 Å². The van der Waals surface area contributed by atoms with Gasteiger partial charge in [-0.2, -0.15) is 0 Å². The summed E-state index contributed by atoms with van der Waals surface area (Å²) in [6, 6.07) is 0. The van der Waals surface area contributed by atoms with Crippen molar-refractivity contribution in [3.8, 4) is 0 Å². The Hall–Kier alpha value is -1.43. The van der Waals surface area contributed by atoms with Crippen molar-refractivity contribution in [2.75, 3.05) is 0 Å². The number of carbonyl (C=O) groups excluding carboxylic acids is 3. The van der Waals surface area contributed by atoms with Gasteiger partial charge in [0, 0.05) is 26.2 Å². The molecule has 6 heteroatoms. The Morgan fingerprint density at radius 1 is 1.07 bits per heavy atom. The lowest BCUT2D eigenvalue weighted by Gasteiger charge is -2.59. The number of aliphatic hydroxyl groups is 1. The van der Waals surface area contributed by atoms with E-state index in [2.05, 4.69) is 6.92 Å². The Morgan fingerprint density at radius 2 is 1.80 bits per heavy atom. The number of rotatable bonds is 3. The molecule has 0 aliphatic heterocycles. The largest absolute Gasteiger partial charge is 0.463 e. The average molecular weight is 421 g/mol. The number of ketones is 1. The lowest BCUT2D eigenvalue weighted by molar-refractivity contribution is -0.197. The molecule has 0 spiro atoms. The number of hydrogen-bond acceptors (Lipinski definition) is 6. The van der Waals surface area contributed by atoms with E-state index in [4.69, 9.17) is 9.47 Å². The summed E-state index contributed by atoms with van der Waals surface area (Å²) in [7, 11) is 0. The number of hydrogen-bond donors (Lipinski definition) is 1. The third-order valence-corrected chi connectivity index (χ3v) is 9.20. The minimum Gasteiger partial charge on any atom is -0.463 e. The minimum absolute atomic E-state index is 0.0362. The average Bonchev–Trinajstić information content (AvgIpc) is 2.99. The molecule has 30 heavy (non-hydrogen) atoms. The number of fused-ring (bicyclic) bond motifs is 5. The predicted octanol–water partition coefficient (Wildman–Crippen LogP) is 3.43. The molecule has 4 aliphatic carbocycles. The van der Waals surface area contributed by atoms with Gasteiger partial charge in [0.05, 0.1) is 11.5 Å². The highest BCUT2D eigenvalue weighted by molar-refractivity contribution is 5.84. The number of Topliss-reactive ketones (excluding diaryl/α,β-unsaturated/α-hetero) is 1. The number of esters is 2. The molecule has 0 bridgehead atoms. The van der Waals surface area contributed by atoms with Crippen LogP contribution in [0, 0.1) is 35.0 Å². The highest BCUT2D eigenvalue weighted by atomic mass is 16.5. The lowest BCUT2D eigenvalue weighted by Crippen LogP contribution is -2.62. The van der Waals surface area contributed by atoms with E-state index in [1.165, 1.54) is 13.8 Å². The molecule has 4 saturated carbocycles. The van der Waals surface area contributed by atoms with Crippen LogP contribution in [0.25, 0.3) is 0 Å². The second-order valence-corrected chi connectivity index (χ2v) is 10.6. The van der Waals surface area contributed by atoms with E-state index in [0.29, 0.717) is 37.5 Å². The fraction of sp³-hybridized carbons (Fsp3) is 0.875. The second-order valence-electron chi connectivity index (χ2n) is 10.6. The van der Waals surface area contributed by atoms with E-state index in [1.54, 1.807) is 0 Å². The van der Waals surface area contributed by atoms with E-state index in [9.17, 15) is 19.5 Å².